The molecule has 2 aliphatic rings. The molecule has 0 aromatic heterocycles. The summed E-state index contributed by atoms with van der Waals surface area (Å²) in [6.07, 6.45) is 11.3. The van der Waals surface area contributed by atoms with E-state index in [2.05, 4.69) is 90.1 Å². The smallest absolute Gasteiger partial charge is 1.00 e. The van der Waals surface area contributed by atoms with Crippen molar-refractivity contribution in [2.24, 2.45) is 0 Å². The van der Waals surface area contributed by atoms with Crippen molar-refractivity contribution < 1.29 is 51.0 Å². The van der Waals surface area contributed by atoms with Crippen molar-refractivity contribution in [1.29, 1.82) is 0 Å². The number of alkyl halides is 6. The first-order valence-corrected chi connectivity index (χ1v) is 17.8. The van der Waals surface area contributed by atoms with Crippen LogP contribution in [0.5, 0.6) is 0 Å². The van der Waals surface area contributed by atoms with Gasteiger partial charge in [-0.05, 0) is 39.2 Å². The van der Waals surface area contributed by atoms with Gasteiger partial charge >= 0.3 is 26.2 Å². The molecular formula is C41H35Cl8Zr. The van der Waals surface area contributed by atoms with Gasteiger partial charge in [0, 0.05) is 11.1 Å². The molecule has 50 heavy (non-hydrogen) atoms. The molecule has 0 nitrogen and oxygen atoms in total. The van der Waals surface area contributed by atoms with Gasteiger partial charge in [-0.3, -0.25) is 0 Å². The predicted molar refractivity (Wildman–Crippen MR) is 206 cm³/mol. The SMILES string of the molecule is CC(C)(C)c1ccc2c(c1)[C-]=c1c-2cc(=C(c2ccc(C(Cl)(Cl)Cl)cc2)c2ccc(C(Cl)(Cl)Cl)cc2)c(C(C)(C)C)c1C1=CC=CC1.[Cl-].[Cl-].[Zr+3]. The first kappa shape index (κ1) is 43.7. The average Bonchev–Trinajstić information content (AvgIpc) is 3.63. The molecule has 0 bridgehead atoms. The molecule has 0 N–H and O–H groups in total. The van der Waals surface area contributed by atoms with Crippen molar-refractivity contribution >= 4 is 86.8 Å². The van der Waals surface area contributed by atoms with Crippen LogP contribution >= 0.6 is 69.6 Å². The third kappa shape index (κ3) is 8.81. The maximum absolute atomic E-state index is 6.28. The molecule has 0 heterocycles. The minimum Gasteiger partial charge on any atom is -1.00 e. The standard InChI is InChI=1S/C41H35Cl6.2ClH.Zr/c1-38(2,3)30-19-20-31-27(21-30)22-33-32(31)23-34(37(39(4,5)6)36(33)24-9-7-8-10-24)35(25-11-15-28(16-12-25)40(42,43)44)26-13-17-29(18-14-26)41(45,46)47;;;/h7-9,11-21,23H,10H2,1-6H3;2*1H;/q-1;;;+3/p-2. The summed E-state index contributed by atoms with van der Waals surface area (Å²) in [6.45, 7) is 13.6. The molecule has 4 aromatic carbocycles. The third-order valence-corrected chi connectivity index (χ3v) is 10.2. The van der Waals surface area contributed by atoms with Crippen LogP contribution in [0.25, 0.3) is 28.3 Å². The van der Waals surface area contributed by atoms with E-state index < -0.39 is 7.59 Å². The minimum atomic E-state index is -1.54. The van der Waals surface area contributed by atoms with E-state index in [0.717, 1.165) is 39.1 Å². The van der Waals surface area contributed by atoms with Crippen LogP contribution in [0.2, 0.25) is 0 Å². The van der Waals surface area contributed by atoms with E-state index in [1.165, 1.54) is 33.4 Å². The summed E-state index contributed by atoms with van der Waals surface area (Å²) in [4.78, 5) is 0. The number of benzene rings is 4. The van der Waals surface area contributed by atoms with Gasteiger partial charge in [0.1, 0.15) is 0 Å². The number of rotatable bonds is 3. The number of hydrogen-bond acceptors (Lipinski definition) is 0. The van der Waals surface area contributed by atoms with Crippen LogP contribution in [0.3, 0.4) is 0 Å². The molecule has 0 saturated heterocycles. The molecule has 6 rings (SSSR count). The van der Waals surface area contributed by atoms with Gasteiger partial charge < -0.3 is 24.8 Å². The van der Waals surface area contributed by atoms with Crippen molar-refractivity contribution in [3.63, 3.8) is 0 Å². The topological polar surface area (TPSA) is 0 Å². The normalized spacial score (nSPS) is 13.6. The van der Waals surface area contributed by atoms with Crippen molar-refractivity contribution in [1.82, 2.24) is 0 Å². The van der Waals surface area contributed by atoms with E-state index in [0.29, 0.717) is 11.1 Å². The van der Waals surface area contributed by atoms with Gasteiger partial charge in [0.2, 0.25) is 7.59 Å². The van der Waals surface area contributed by atoms with Crippen molar-refractivity contribution in [2.45, 2.75) is 66.4 Å². The molecule has 2 aliphatic carbocycles. The first-order chi connectivity index (χ1) is 21.8. The summed E-state index contributed by atoms with van der Waals surface area (Å²) in [6, 6.07) is 24.7. The Morgan fingerprint density at radius 3 is 1.54 bits per heavy atom. The molecule has 0 unspecified atom stereocenters. The van der Waals surface area contributed by atoms with E-state index in [4.69, 9.17) is 69.6 Å². The van der Waals surface area contributed by atoms with Crippen LogP contribution in [0.15, 0.2) is 91.0 Å². The predicted octanol–water partition coefficient (Wildman–Crippen LogP) is 6.22. The maximum Gasteiger partial charge on any atom is 3.00 e. The average molecular weight is 903 g/mol. The zero-order valence-electron chi connectivity index (χ0n) is 28.4. The Morgan fingerprint density at radius 2 is 1.12 bits per heavy atom. The Balaban J connectivity index is 0.00000225. The summed E-state index contributed by atoms with van der Waals surface area (Å²) in [7, 11) is 0. The van der Waals surface area contributed by atoms with Crippen molar-refractivity contribution in [3.8, 4) is 11.1 Å². The molecule has 0 spiro atoms. The Morgan fingerprint density at radius 1 is 0.620 bits per heavy atom. The van der Waals surface area contributed by atoms with E-state index in [1.54, 1.807) is 0 Å². The largest absolute Gasteiger partial charge is 3.00 e. The fraction of sp³-hybridized carbons (Fsp3) is 0.268. The third-order valence-electron chi connectivity index (χ3n) is 8.88. The van der Waals surface area contributed by atoms with Crippen LogP contribution < -0.4 is 35.3 Å². The van der Waals surface area contributed by atoms with E-state index in [-0.39, 0.29) is 61.8 Å². The Labute approximate surface area is 357 Å². The molecule has 0 fully saturated rings. The van der Waals surface area contributed by atoms with E-state index in [9.17, 15) is 0 Å². The summed E-state index contributed by atoms with van der Waals surface area (Å²) >= 11 is 37.7. The quantitative estimate of drug-likeness (QED) is 0.149. The maximum atomic E-state index is 6.28. The van der Waals surface area contributed by atoms with Gasteiger partial charge in [-0.15, -0.1) is 34.1 Å². The molecule has 259 valence electrons. The van der Waals surface area contributed by atoms with Gasteiger partial charge in [0.15, 0.2) is 0 Å². The Hall–Kier alpha value is -0.697. The molecule has 0 atom stereocenters. The molecule has 1 radical (unpaired) electrons. The van der Waals surface area contributed by atoms with E-state index >= 15 is 0 Å². The number of allylic oxidation sites excluding steroid dienone is 4. The monoisotopic (exact) mass is 897 g/mol. The number of hydrogen-bond donors (Lipinski definition) is 0. The van der Waals surface area contributed by atoms with Crippen LogP contribution in [0, 0.1) is 0 Å². The second-order valence-corrected chi connectivity index (χ2v) is 18.9. The Kier molecular flexibility index (Phi) is 13.9. The van der Waals surface area contributed by atoms with Gasteiger partial charge in [0.25, 0.3) is 0 Å². The zero-order valence-corrected chi connectivity index (χ0v) is 36.9. The second-order valence-electron chi connectivity index (χ2n) is 14.3. The number of fused-ring (bicyclic) bond motifs is 3. The number of halogens is 8. The molecule has 9 heteroatoms. The van der Waals surface area contributed by atoms with Crippen molar-refractivity contribution in [3.05, 3.63) is 146 Å². The fourth-order valence-corrected chi connectivity index (χ4v) is 7.32. The van der Waals surface area contributed by atoms with Crippen LogP contribution in [0.4, 0.5) is 0 Å². The van der Waals surface area contributed by atoms with Gasteiger partial charge in [-0.1, -0.05) is 218 Å². The minimum absolute atomic E-state index is 0. The zero-order chi connectivity index (χ0) is 34.1. The van der Waals surface area contributed by atoms with Crippen LogP contribution in [-0.2, 0) is 44.6 Å². The summed E-state index contributed by atoms with van der Waals surface area (Å²) in [5.41, 5.74) is 12.5. The second kappa shape index (κ2) is 16.0. The summed E-state index contributed by atoms with van der Waals surface area (Å²) < 4.78 is -3.07. The molecular weight excluding hydrogens is 867 g/mol. The summed E-state index contributed by atoms with van der Waals surface area (Å²) in [5.74, 6) is 0. The van der Waals surface area contributed by atoms with Gasteiger partial charge in [-0.2, -0.15) is 0 Å². The Bertz CT molecular complexity index is 2010. The molecule has 0 saturated carbocycles. The fourth-order valence-electron chi connectivity index (χ4n) is 6.57. The van der Waals surface area contributed by atoms with Crippen molar-refractivity contribution in [2.75, 3.05) is 0 Å². The van der Waals surface area contributed by atoms with Crippen LogP contribution in [0.1, 0.15) is 92.5 Å². The van der Waals surface area contributed by atoms with Gasteiger partial charge in [-0.25, -0.2) is 0 Å². The van der Waals surface area contributed by atoms with Gasteiger partial charge in [0.05, 0.1) is 0 Å². The molecule has 0 aliphatic heterocycles. The molecule has 4 aromatic rings. The van der Waals surface area contributed by atoms with E-state index in [1.807, 2.05) is 48.5 Å². The van der Waals surface area contributed by atoms with Crippen LogP contribution in [-0.4, -0.2) is 0 Å². The molecule has 0 amide bonds. The summed E-state index contributed by atoms with van der Waals surface area (Å²) in [5, 5.41) is 2.27. The first-order valence-electron chi connectivity index (χ1n) is 15.6.